The van der Waals surface area contributed by atoms with Gasteiger partial charge in [-0.3, -0.25) is 9.59 Å². The molecule has 0 spiro atoms. The fraction of sp³-hybridized carbons (Fsp3) is 0.407. The summed E-state index contributed by atoms with van der Waals surface area (Å²) < 4.78 is 5.76. The van der Waals surface area contributed by atoms with Crippen molar-refractivity contribution in [3.63, 3.8) is 0 Å². The minimum atomic E-state index is -0.0700. The molecule has 0 unspecified atom stereocenters. The van der Waals surface area contributed by atoms with E-state index in [4.69, 9.17) is 4.42 Å². The molecule has 0 radical (unpaired) electrons. The zero-order chi connectivity index (χ0) is 23.8. The lowest BCUT2D eigenvalue weighted by molar-refractivity contribution is -0.132. The molecule has 1 saturated heterocycles. The van der Waals surface area contributed by atoms with Crippen LogP contribution in [0.4, 0.5) is 0 Å². The van der Waals surface area contributed by atoms with Crippen LogP contribution in [0.5, 0.6) is 0 Å². The third kappa shape index (κ3) is 6.81. The predicted octanol–water partition coefficient (Wildman–Crippen LogP) is 4.46. The monoisotopic (exact) mass is 479 g/mol. The van der Waals surface area contributed by atoms with Crippen molar-refractivity contribution in [3.8, 4) is 0 Å². The predicted molar refractivity (Wildman–Crippen MR) is 135 cm³/mol. The van der Waals surface area contributed by atoms with E-state index in [0.717, 1.165) is 37.6 Å². The molecule has 7 heteroatoms. The topological polar surface area (TPSA) is 57.0 Å². The molecule has 3 aromatic rings. The highest BCUT2D eigenvalue weighted by Crippen LogP contribution is 2.15. The van der Waals surface area contributed by atoms with Gasteiger partial charge in [-0.1, -0.05) is 36.4 Å². The maximum atomic E-state index is 13.5. The Morgan fingerprint density at radius 1 is 0.971 bits per heavy atom. The number of nitrogens with zero attached hydrogens (tertiary/aromatic N) is 3. The molecule has 1 aliphatic heterocycles. The number of carbonyl (C=O) groups excluding carboxylic acids is 2. The van der Waals surface area contributed by atoms with Crippen LogP contribution in [0.2, 0.25) is 0 Å². The summed E-state index contributed by atoms with van der Waals surface area (Å²) >= 11 is 1.42. The van der Waals surface area contributed by atoms with Crippen LogP contribution in [0.1, 0.15) is 39.6 Å². The van der Waals surface area contributed by atoms with Gasteiger partial charge in [-0.25, -0.2) is 0 Å². The lowest BCUT2D eigenvalue weighted by Crippen LogP contribution is -2.45. The minimum absolute atomic E-state index is 0.0590. The summed E-state index contributed by atoms with van der Waals surface area (Å²) in [7, 11) is 0. The van der Waals surface area contributed by atoms with Gasteiger partial charge in [0.05, 0.1) is 11.4 Å². The molecule has 0 N–H and O–H groups in total. The molecule has 2 amide bonds. The van der Waals surface area contributed by atoms with Crippen molar-refractivity contribution >= 4 is 23.2 Å². The number of likely N-dealkylation sites (tertiary alicyclic amines) is 1. The van der Waals surface area contributed by atoms with Gasteiger partial charge in [0.1, 0.15) is 18.1 Å². The maximum Gasteiger partial charge on any atom is 0.264 e. The highest BCUT2D eigenvalue weighted by molar-refractivity contribution is 7.12. The maximum absolute atomic E-state index is 13.5. The van der Waals surface area contributed by atoms with Crippen LogP contribution < -0.4 is 0 Å². The molecule has 3 heterocycles. The summed E-state index contributed by atoms with van der Waals surface area (Å²) in [5.74, 6) is 1.45. The van der Waals surface area contributed by atoms with E-state index in [9.17, 15) is 9.59 Å². The van der Waals surface area contributed by atoms with Gasteiger partial charge in [-0.2, -0.15) is 0 Å². The van der Waals surface area contributed by atoms with Gasteiger partial charge < -0.3 is 19.1 Å². The van der Waals surface area contributed by atoms with Crippen molar-refractivity contribution in [1.82, 2.24) is 14.7 Å². The van der Waals surface area contributed by atoms with Crippen LogP contribution in [-0.4, -0.2) is 65.8 Å². The van der Waals surface area contributed by atoms with Crippen LogP contribution >= 0.6 is 11.3 Å². The Morgan fingerprint density at radius 3 is 2.44 bits per heavy atom. The Balaban J connectivity index is 1.46. The Bertz CT molecular complexity index is 1040. The summed E-state index contributed by atoms with van der Waals surface area (Å²) in [4.78, 5) is 33.4. The molecule has 6 nitrogen and oxygen atoms in total. The fourth-order valence-electron chi connectivity index (χ4n) is 4.30. The lowest BCUT2D eigenvalue weighted by atomic mass is 10.1. The largest absolute Gasteiger partial charge is 0.464 e. The Labute approximate surface area is 205 Å². The first-order valence-electron chi connectivity index (χ1n) is 12.0. The van der Waals surface area contributed by atoms with Crippen LogP contribution in [0, 0.1) is 6.92 Å². The molecule has 0 bridgehead atoms. The van der Waals surface area contributed by atoms with Crippen molar-refractivity contribution in [3.05, 3.63) is 81.9 Å². The van der Waals surface area contributed by atoms with Crippen molar-refractivity contribution in [2.45, 2.75) is 32.7 Å². The molecular formula is C27H33N3O3S. The van der Waals surface area contributed by atoms with Crippen LogP contribution in [0.25, 0.3) is 0 Å². The van der Waals surface area contributed by atoms with Crippen molar-refractivity contribution in [2.24, 2.45) is 0 Å². The quantitative estimate of drug-likeness (QED) is 0.408. The number of hydrogen-bond acceptors (Lipinski definition) is 5. The van der Waals surface area contributed by atoms with Crippen molar-refractivity contribution < 1.29 is 14.0 Å². The molecule has 1 aromatic carbocycles. The molecule has 0 atom stereocenters. The van der Waals surface area contributed by atoms with E-state index < -0.39 is 0 Å². The molecule has 34 heavy (non-hydrogen) atoms. The molecule has 4 rings (SSSR count). The van der Waals surface area contributed by atoms with E-state index in [-0.39, 0.29) is 18.4 Å². The molecule has 1 aliphatic rings. The van der Waals surface area contributed by atoms with E-state index in [0.29, 0.717) is 24.5 Å². The first-order chi connectivity index (χ1) is 16.6. The Kier molecular flexibility index (Phi) is 8.55. The number of carbonyl (C=O) groups is 2. The van der Waals surface area contributed by atoms with Gasteiger partial charge in [-0.05, 0) is 68.4 Å². The van der Waals surface area contributed by atoms with Crippen molar-refractivity contribution in [1.29, 1.82) is 0 Å². The van der Waals surface area contributed by atoms with E-state index in [2.05, 4.69) is 17.0 Å². The molecule has 0 aliphatic carbocycles. The summed E-state index contributed by atoms with van der Waals surface area (Å²) in [5, 5.41) is 1.90. The summed E-state index contributed by atoms with van der Waals surface area (Å²) in [6.45, 7) is 6.41. The Morgan fingerprint density at radius 2 is 1.76 bits per heavy atom. The summed E-state index contributed by atoms with van der Waals surface area (Å²) in [6.07, 6.45) is 3.15. The zero-order valence-corrected chi connectivity index (χ0v) is 20.6. The Hall–Kier alpha value is -2.90. The van der Waals surface area contributed by atoms with Gasteiger partial charge in [-0.15, -0.1) is 11.3 Å². The third-order valence-corrected chi connectivity index (χ3v) is 7.10. The molecule has 180 valence electrons. The summed E-state index contributed by atoms with van der Waals surface area (Å²) in [6, 6.07) is 17.7. The number of hydrogen-bond donors (Lipinski definition) is 0. The highest BCUT2D eigenvalue weighted by atomic mass is 32.1. The fourth-order valence-corrected chi connectivity index (χ4v) is 4.99. The van der Waals surface area contributed by atoms with E-state index in [1.165, 1.54) is 29.7 Å². The highest BCUT2D eigenvalue weighted by Gasteiger charge is 2.25. The van der Waals surface area contributed by atoms with Crippen LogP contribution in [0.15, 0.2) is 64.4 Å². The molecule has 1 fully saturated rings. The van der Waals surface area contributed by atoms with Crippen LogP contribution in [-0.2, 0) is 17.8 Å². The van der Waals surface area contributed by atoms with Gasteiger partial charge in [0.15, 0.2) is 0 Å². The van der Waals surface area contributed by atoms with E-state index in [1.807, 2.05) is 59.7 Å². The van der Waals surface area contributed by atoms with Gasteiger partial charge in [0.2, 0.25) is 5.91 Å². The number of rotatable bonds is 11. The zero-order valence-electron chi connectivity index (χ0n) is 19.8. The second kappa shape index (κ2) is 12.0. The number of aryl methyl sites for hydroxylation is 1. The van der Waals surface area contributed by atoms with Gasteiger partial charge in [0, 0.05) is 19.6 Å². The molecular weight excluding hydrogens is 446 g/mol. The second-order valence-corrected chi connectivity index (χ2v) is 9.76. The van der Waals surface area contributed by atoms with Gasteiger partial charge in [0.25, 0.3) is 5.91 Å². The lowest BCUT2D eigenvalue weighted by Gasteiger charge is -2.28. The average molecular weight is 480 g/mol. The standard InChI is InChI=1S/C27H33N3O3S/c1-22-11-12-24(33-22)20-29(16-13-23-8-3-2-4-9-23)26(31)21-30(18-17-28-14-5-6-15-28)27(32)25-10-7-19-34-25/h2-4,7-12,19H,5-6,13-18,20-21H2,1H3. The first kappa shape index (κ1) is 24.2. The first-order valence-corrected chi connectivity index (χ1v) is 12.9. The number of thiophene rings is 1. The van der Waals surface area contributed by atoms with Crippen molar-refractivity contribution in [2.75, 3.05) is 39.3 Å². The SMILES string of the molecule is Cc1ccc(CN(CCc2ccccc2)C(=O)CN(CCN2CCCC2)C(=O)c2cccs2)o1. The number of amides is 2. The summed E-state index contributed by atoms with van der Waals surface area (Å²) in [5.41, 5.74) is 1.18. The smallest absolute Gasteiger partial charge is 0.264 e. The van der Waals surface area contributed by atoms with E-state index in [1.54, 1.807) is 4.90 Å². The second-order valence-electron chi connectivity index (χ2n) is 8.82. The number of benzene rings is 1. The van der Waals surface area contributed by atoms with E-state index >= 15 is 0 Å². The third-order valence-electron chi connectivity index (χ3n) is 6.24. The molecule has 0 saturated carbocycles. The normalized spacial score (nSPS) is 13.8. The molecule has 2 aromatic heterocycles. The van der Waals surface area contributed by atoms with Crippen LogP contribution in [0.3, 0.4) is 0 Å². The average Bonchev–Trinajstić information content (AvgIpc) is 3.63. The van der Waals surface area contributed by atoms with Gasteiger partial charge >= 0.3 is 0 Å². The minimum Gasteiger partial charge on any atom is -0.464 e. The number of furan rings is 1.